The van der Waals surface area contributed by atoms with Crippen LogP contribution < -0.4 is 9.64 Å². The van der Waals surface area contributed by atoms with Crippen molar-refractivity contribution in [3.8, 4) is 5.75 Å². The van der Waals surface area contributed by atoms with Gasteiger partial charge in [-0.2, -0.15) is 0 Å². The van der Waals surface area contributed by atoms with Gasteiger partial charge in [-0.1, -0.05) is 51.3 Å². The summed E-state index contributed by atoms with van der Waals surface area (Å²) in [6.45, 7) is 9.73. The lowest BCUT2D eigenvalue weighted by molar-refractivity contribution is -0.939. The third kappa shape index (κ3) is 4.83. The fraction of sp³-hybridized carbons (Fsp3) is 0.576. The largest absolute Gasteiger partial charge is 0.490 e. The first-order valence-corrected chi connectivity index (χ1v) is 14.9. The number of hydrogen-bond donors (Lipinski definition) is 2. The van der Waals surface area contributed by atoms with Gasteiger partial charge in [-0.25, -0.2) is 0 Å². The summed E-state index contributed by atoms with van der Waals surface area (Å²) < 4.78 is 8.84. The molecule has 1 saturated carbocycles. The Hall–Kier alpha value is -2.30. The summed E-state index contributed by atoms with van der Waals surface area (Å²) in [6.07, 6.45) is 10.1. The van der Waals surface area contributed by atoms with Crippen LogP contribution in [0.1, 0.15) is 105 Å². The van der Waals surface area contributed by atoms with E-state index in [0.717, 1.165) is 31.3 Å². The lowest BCUT2D eigenvalue weighted by atomic mass is 9.83. The molecular formula is C33H45N2O2+. The molecule has 3 atom stereocenters. The van der Waals surface area contributed by atoms with Crippen LogP contribution in [0, 0.1) is 6.92 Å². The van der Waals surface area contributed by atoms with Crippen LogP contribution in [0.2, 0.25) is 0 Å². The second-order valence-electron chi connectivity index (χ2n) is 12.3. The molecule has 1 aromatic heterocycles. The molecule has 2 N–H and O–H groups in total. The molecule has 0 radical (unpaired) electrons. The quantitative estimate of drug-likeness (QED) is 0.427. The number of quaternary nitrogens is 1. The summed E-state index contributed by atoms with van der Waals surface area (Å²) in [4.78, 5) is 1.54. The topological polar surface area (TPSA) is 38.8 Å². The normalized spacial score (nSPS) is 22.8. The van der Waals surface area contributed by atoms with Gasteiger partial charge in [0.15, 0.2) is 0 Å². The standard InChI is InChI=1S/C33H44N2O2/c1-22(2)27-14-12-23(3)18-32(27)37-21-26(36)20-34-16-17-35-30-15-13-25(24-8-5-4-6-9-24)19-29(30)28-10-7-11-31(34)33(28)35/h12-15,18-19,22,24,26,31,36H,4-11,16-17,20-21H2,1-3H3/p+1/t26-,31+/m1/s1. The molecule has 6 rings (SSSR count). The molecule has 198 valence electrons. The number of aromatic nitrogens is 1. The molecule has 3 aliphatic rings. The number of rotatable bonds is 7. The maximum absolute atomic E-state index is 11.1. The smallest absolute Gasteiger partial charge is 0.137 e. The summed E-state index contributed by atoms with van der Waals surface area (Å²) >= 11 is 0. The molecule has 2 aliphatic carbocycles. The Kier molecular flexibility index (Phi) is 7.07. The van der Waals surface area contributed by atoms with Crippen molar-refractivity contribution in [3.63, 3.8) is 0 Å². The van der Waals surface area contributed by atoms with Gasteiger partial charge in [0.1, 0.15) is 31.0 Å². The zero-order valence-electron chi connectivity index (χ0n) is 23.1. The number of aliphatic hydroxyl groups excluding tert-OH is 1. The van der Waals surface area contributed by atoms with Gasteiger partial charge < -0.3 is 19.3 Å². The average Bonchev–Trinajstić information content (AvgIpc) is 3.23. The first kappa shape index (κ1) is 25.0. The maximum atomic E-state index is 11.1. The van der Waals surface area contributed by atoms with Gasteiger partial charge in [0.25, 0.3) is 0 Å². The first-order valence-electron chi connectivity index (χ1n) is 14.9. The van der Waals surface area contributed by atoms with Gasteiger partial charge in [0.2, 0.25) is 0 Å². The highest BCUT2D eigenvalue weighted by atomic mass is 16.5. The number of aliphatic hydroxyl groups is 1. The average molecular weight is 502 g/mol. The molecule has 0 bridgehead atoms. The van der Waals surface area contributed by atoms with Crippen LogP contribution in [0.3, 0.4) is 0 Å². The number of benzene rings is 2. The van der Waals surface area contributed by atoms with E-state index in [-0.39, 0.29) is 0 Å². The predicted octanol–water partition coefficient (Wildman–Crippen LogP) is 5.84. The van der Waals surface area contributed by atoms with E-state index in [2.05, 4.69) is 61.7 Å². The minimum absolute atomic E-state index is 0.361. The Morgan fingerprint density at radius 1 is 1.03 bits per heavy atom. The number of nitrogens with one attached hydrogen (secondary N) is 1. The highest BCUT2D eigenvalue weighted by Crippen LogP contribution is 2.40. The highest BCUT2D eigenvalue weighted by molar-refractivity contribution is 5.87. The lowest BCUT2D eigenvalue weighted by Crippen LogP contribution is -3.14. The fourth-order valence-electron chi connectivity index (χ4n) is 7.54. The number of hydrogen-bond acceptors (Lipinski definition) is 2. The number of ether oxygens (including phenoxy) is 1. The van der Waals surface area contributed by atoms with Gasteiger partial charge in [0, 0.05) is 17.3 Å². The van der Waals surface area contributed by atoms with Crippen molar-refractivity contribution in [2.24, 2.45) is 0 Å². The summed E-state index contributed by atoms with van der Waals surface area (Å²) in [5.74, 6) is 2.08. The first-order chi connectivity index (χ1) is 18.0. The van der Waals surface area contributed by atoms with Gasteiger partial charge in [-0.05, 0) is 84.9 Å². The Morgan fingerprint density at radius 3 is 2.68 bits per heavy atom. The van der Waals surface area contributed by atoms with E-state index in [9.17, 15) is 5.11 Å². The van der Waals surface area contributed by atoms with Gasteiger partial charge >= 0.3 is 0 Å². The molecule has 1 aliphatic heterocycles. The second kappa shape index (κ2) is 10.5. The highest BCUT2D eigenvalue weighted by Gasteiger charge is 2.38. The van der Waals surface area contributed by atoms with E-state index < -0.39 is 6.10 Å². The zero-order valence-corrected chi connectivity index (χ0v) is 23.1. The second-order valence-corrected chi connectivity index (χ2v) is 12.3. The molecule has 1 unspecified atom stereocenters. The molecule has 4 nitrogen and oxygen atoms in total. The van der Waals surface area contributed by atoms with Crippen LogP contribution in [-0.4, -0.2) is 35.5 Å². The van der Waals surface area contributed by atoms with Gasteiger partial charge in [0.05, 0.1) is 18.8 Å². The van der Waals surface area contributed by atoms with Crippen molar-refractivity contribution in [1.29, 1.82) is 0 Å². The van der Waals surface area contributed by atoms with E-state index in [0.29, 0.717) is 18.6 Å². The number of nitrogens with zero attached hydrogens (tertiary/aromatic N) is 1. The summed E-state index contributed by atoms with van der Waals surface area (Å²) in [7, 11) is 0. The van der Waals surface area contributed by atoms with Crippen molar-refractivity contribution < 1.29 is 14.7 Å². The molecular weight excluding hydrogens is 456 g/mol. The van der Waals surface area contributed by atoms with Crippen molar-refractivity contribution in [2.75, 3.05) is 19.7 Å². The third-order valence-electron chi connectivity index (χ3n) is 9.43. The lowest BCUT2D eigenvalue weighted by Gasteiger charge is -2.37. The van der Waals surface area contributed by atoms with E-state index >= 15 is 0 Å². The van der Waals surface area contributed by atoms with Crippen LogP contribution in [0.4, 0.5) is 0 Å². The molecule has 0 amide bonds. The molecule has 3 aromatic rings. The van der Waals surface area contributed by atoms with Crippen molar-refractivity contribution in [3.05, 3.63) is 64.3 Å². The van der Waals surface area contributed by atoms with Gasteiger partial charge in [-0.15, -0.1) is 0 Å². The van der Waals surface area contributed by atoms with Crippen LogP contribution in [0.15, 0.2) is 36.4 Å². The Bertz CT molecular complexity index is 1250. The van der Waals surface area contributed by atoms with Crippen LogP contribution >= 0.6 is 0 Å². The molecule has 1 fully saturated rings. The van der Waals surface area contributed by atoms with Crippen LogP contribution in [0.5, 0.6) is 5.75 Å². The van der Waals surface area contributed by atoms with Gasteiger partial charge in [-0.3, -0.25) is 0 Å². The monoisotopic (exact) mass is 501 g/mol. The molecule has 37 heavy (non-hydrogen) atoms. The Balaban J connectivity index is 1.20. The molecule has 4 heteroatoms. The fourth-order valence-corrected chi connectivity index (χ4v) is 7.54. The summed E-state index contributed by atoms with van der Waals surface area (Å²) in [5.41, 5.74) is 8.61. The van der Waals surface area contributed by atoms with E-state index in [1.54, 1.807) is 16.8 Å². The SMILES string of the molecule is Cc1ccc(C(C)C)c(OC[C@H](O)C[NH+]2CCn3c4c(c5cc(C6CCCCC6)ccc53)CCC[C@@H]42)c1. The molecule has 0 saturated heterocycles. The maximum Gasteiger partial charge on any atom is 0.137 e. The van der Waals surface area contributed by atoms with Crippen molar-refractivity contribution >= 4 is 10.9 Å². The zero-order chi connectivity index (χ0) is 25.5. The molecule has 2 aromatic carbocycles. The third-order valence-corrected chi connectivity index (χ3v) is 9.43. The summed E-state index contributed by atoms with van der Waals surface area (Å²) in [5, 5.41) is 12.6. The van der Waals surface area contributed by atoms with Crippen LogP contribution in [0.25, 0.3) is 10.9 Å². The number of fused-ring (bicyclic) bond motifs is 3. The predicted molar refractivity (Wildman–Crippen MR) is 151 cm³/mol. The minimum atomic E-state index is -0.463. The van der Waals surface area contributed by atoms with Crippen molar-refractivity contribution in [1.82, 2.24) is 4.57 Å². The number of aryl methyl sites for hydroxylation is 2. The van der Waals surface area contributed by atoms with E-state index in [1.165, 1.54) is 78.3 Å². The minimum Gasteiger partial charge on any atom is -0.490 e. The van der Waals surface area contributed by atoms with E-state index in [1.807, 2.05) is 0 Å². The Morgan fingerprint density at radius 2 is 1.86 bits per heavy atom. The van der Waals surface area contributed by atoms with Crippen molar-refractivity contribution in [2.45, 2.75) is 103 Å². The van der Waals surface area contributed by atoms with Crippen LogP contribution in [-0.2, 0) is 13.0 Å². The Labute approximate surface area is 222 Å². The summed E-state index contributed by atoms with van der Waals surface area (Å²) in [6, 6.07) is 14.3. The van der Waals surface area contributed by atoms with E-state index in [4.69, 9.17) is 4.74 Å². The molecule has 2 heterocycles. The molecule has 0 spiro atoms.